The molecule has 7 heterocycles. The summed E-state index contributed by atoms with van der Waals surface area (Å²) in [6, 6.07) is 11.5. The summed E-state index contributed by atoms with van der Waals surface area (Å²) in [5.74, 6) is -2.02. The number of nitrogens with zero attached hydrogens (tertiary/aromatic N) is 7. The molecule has 0 spiro atoms. The van der Waals surface area contributed by atoms with Gasteiger partial charge in [-0.05, 0) is 35.9 Å². The molecule has 1 aliphatic heterocycles. The van der Waals surface area contributed by atoms with Gasteiger partial charge in [-0.1, -0.05) is 6.07 Å². The second-order valence-corrected chi connectivity index (χ2v) is 9.45. The molecule has 1 aliphatic rings. The highest BCUT2D eigenvalue weighted by Gasteiger charge is 2.37. The van der Waals surface area contributed by atoms with Crippen molar-refractivity contribution in [1.29, 1.82) is 0 Å². The highest BCUT2D eigenvalue weighted by atomic mass is 19.3. The van der Waals surface area contributed by atoms with Crippen LogP contribution in [0.5, 0.6) is 0 Å². The van der Waals surface area contributed by atoms with Crippen LogP contribution in [0.4, 0.5) is 8.78 Å². The maximum atomic E-state index is 13.6. The third kappa shape index (κ3) is 4.06. The van der Waals surface area contributed by atoms with E-state index in [2.05, 4.69) is 35.1 Å². The van der Waals surface area contributed by atoms with E-state index in [9.17, 15) is 8.78 Å². The Kier molecular flexibility index (Phi) is 5.18. The fourth-order valence-corrected chi connectivity index (χ4v) is 4.91. The van der Waals surface area contributed by atoms with Crippen LogP contribution in [0, 0.1) is 0 Å². The Morgan fingerprint density at radius 2 is 1.89 bits per heavy atom. The Hall–Kier alpha value is -4.64. The molecular formula is C27H21F2N9. The summed E-state index contributed by atoms with van der Waals surface area (Å²) in [6.07, 6.45) is 8.55. The Balaban J connectivity index is 1.24. The summed E-state index contributed by atoms with van der Waals surface area (Å²) in [5.41, 5.74) is 6.77. The lowest BCUT2D eigenvalue weighted by Crippen LogP contribution is -2.24. The van der Waals surface area contributed by atoms with Crippen LogP contribution in [-0.4, -0.2) is 64.0 Å². The van der Waals surface area contributed by atoms with Crippen molar-refractivity contribution in [3.8, 4) is 34.0 Å². The molecule has 188 valence electrons. The van der Waals surface area contributed by atoms with Crippen molar-refractivity contribution >= 4 is 22.1 Å². The van der Waals surface area contributed by atoms with Gasteiger partial charge >= 0.3 is 0 Å². The molecule has 0 atom stereocenters. The normalized spacial score (nSPS) is 15.5. The van der Waals surface area contributed by atoms with Gasteiger partial charge in [-0.15, -0.1) is 0 Å². The molecule has 9 nitrogen and oxygen atoms in total. The molecule has 0 unspecified atom stereocenters. The number of halogens is 2. The van der Waals surface area contributed by atoms with Crippen LogP contribution in [0.25, 0.3) is 56.1 Å². The van der Waals surface area contributed by atoms with Crippen molar-refractivity contribution < 1.29 is 8.78 Å². The first-order valence-electron chi connectivity index (χ1n) is 12.2. The lowest BCUT2D eigenvalue weighted by atomic mass is 10.1. The van der Waals surface area contributed by atoms with Gasteiger partial charge in [-0.25, -0.2) is 18.7 Å². The number of likely N-dealkylation sites (tertiary alicyclic amines) is 1. The predicted molar refractivity (Wildman–Crippen MR) is 138 cm³/mol. The number of H-pyrrole nitrogens is 2. The number of imidazole rings is 1. The molecular weight excluding hydrogens is 488 g/mol. The van der Waals surface area contributed by atoms with E-state index in [-0.39, 0.29) is 13.0 Å². The van der Waals surface area contributed by atoms with Gasteiger partial charge in [0.2, 0.25) is 0 Å². The lowest BCUT2D eigenvalue weighted by Gasteiger charge is -2.15. The van der Waals surface area contributed by atoms with Crippen LogP contribution >= 0.6 is 0 Å². The summed E-state index contributed by atoms with van der Waals surface area (Å²) in [7, 11) is 0. The Morgan fingerprint density at radius 1 is 0.974 bits per heavy atom. The molecule has 6 aromatic heterocycles. The number of hydrogen-bond donors (Lipinski definition) is 2. The van der Waals surface area contributed by atoms with Crippen molar-refractivity contribution in [2.24, 2.45) is 0 Å². The van der Waals surface area contributed by atoms with Crippen molar-refractivity contribution in [2.45, 2.75) is 18.9 Å². The zero-order valence-corrected chi connectivity index (χ0v) is 20.1. The zero-order chi connectivity index (χ0) is 25.7. The largest absolute Gasteiger partial charge is 0.337 e. The minimum Gasteiger partial charge on any atom is -0.337 e. The fourth-order valence-electron chi connectivity index (χ4n) is 4.91. The SMILES string of the molecule is FC1(F)CCN(Cc2cncc(-c3cnc4n[nH]c(-c5nc6c(-c7ccccn7)nccc6[nH]5)c4c3)c2)C1. The van der Waals surface area contributed by atoms with Gasteiger partial charge in [-0.2, -0.15) is 5.10 Å². The third-order valence-corrected chi connectivity index (χ3v) is 6.74. The topological polar surface area (TPSA) is 112 Å². The van der Waals surface area contributed by atoms with E-state index in [0.29, 0.717) is 41.5 Å². The summed E-state index contributed by atoms with van der Waals surface area (Å²) in [4.78, 5) is 27.8. The van der Waals surface area contributed by atoms with Gasteiger partial charge in [0.15, 0.2) is 11.5 Å². The molecule has 0 radical (unpaired) electrons. The first-order valence-corrected chi connectivity index (χ1v) is 12.2. The number of nitrogens with one attached hydrogen (secondary N) is 2. The first-order chi connectivity index (χ1) is 18.5. The lowest BCUT2D eigenvalue weighted by molar-refractivity contribution is 0.0115. The Bertz CT molecular complexity index is 1780. The second kappa shape index (κ2) is 8.73. The quantitative estimate of drug-likeness (QED) is 0.341. The van der Waals surface area contributed by atoms with Crippen LogP contribution in [0.1, 0.15) is 12.0 Å². The average Bonchev–Trinajstić information content (AvgIpc) is 3.64. The molecule has 0 aromatic carbocycles. The molecule has 0 amide bonds. The van der Waals surface area contributed by atoms with E-state index in [1.165, 1.54) is 0 Å². The maximum absolute atomic E-state index is 13.6. The summed E-state index contributed by atoms with van der Waals surface area (Å²) < 4.78 is 27.2. The number of rotatable bonds is 5. The molecule has 0 saturated carbocycles. The smallest absolute Gasteiger partial charge is 0.261 e. The number of pyridine rings is 4. The second-order valence-electron chi connectivity index (χ2n) is 9.45. The van der Waals surface area contributed by atoms with Crippen molar-refractivity contribution in [3.05, 3.63) is 72.9 Å². The number of alkyl halides is 2. The van der Waals surface area contributed by atoms with E-state index >= 15 is 0 Å². The predicted octanol–water partition coefficient (Wildman–Crippen LogP) is 4.86. The van der Waals surface area contributed by atoms with Crippen molar-refractivity contribution in [2.75, 3.05) is 13.1 Å². The minimum absolute atomic E-state index is 0.106. The van der Waals surface area contributed by atoms with E-state index in [0.717, 1.165) is 33.3 Å². The molecule has 7 rings (SSSR count). The number of fused-ring (bicyclic) bond motifs is 2. The van der Waals surface area contributed by atoms with Gasteiger partial charge in [-0.3, -0.25) is 25.0 Å². The van der Waals surface area contributed by atoms with E-state index in [1.54, 1.807) is 35.9 Å². The minimum atomic E-state index is -2.62. The highest BCUT2D eigenvalue weighted by Crippen LogP contribution is 2.32. The molecule has 11 heteroatoms. The average molecular weight is 510 g/mol. The molecule has 1 saturated heterocycles. The van der Waals surface area contributed by atoms with Crippen LogP contribution in [0.2, 0.25) is 0 Å². The zero-order valence-electron chi connectivity index (χ0n) is 20.1. The standard InChI is InChI=1S/C27H21F2N9/c28-27(29)5-8-38(15-27)14-16-9-17(12-30-11-16)18-10-19-22(36-37-25(19)33-13-18)26-34-21-4-7-32-23(24(21)35-26)20-3-1-2-6-31-20/h1-4,6-7,9-13H,5,8,14-15H2,(H,34,35)(H,33,36,37). The molecule has 0 bridgehead atoms. The number of aromatic amines is 2. The van der Waals surface area contributed by atoms with Gasteiger partial charge in [0.1, 0.15) is 16.9 Å². The summed E-state index contributed by atoms with van der Waals surface area (Å²) >= 11 is 0. The van der Waals surface area contributed by atoms with Gasteiger partial charge in [0.25, 0.3) is 5.92 Å². The molecule has 0 aliphatic carbocycles. The maximum Gasteiger partial charge on any atom is 0.261 e. The molecule has 6 aromatic rings. The Labute approximate surface area is 215 Å². The van der Waals surface area contributed by atoms with Crippen LogP contribution in [0.3, 0.4) is 0 Å². The van der Waals surface area contributed by atoms with Crippen molar-refractivity contribution in [3.63, 3.8) is 0 Å². The van der Waals surface area contributed by atoms with Crippen molar-refractivity contribution in [1.82, 2.24) is 45.0 Å². The van der Waals surface area contributed by atoms with E-state index < -0.39 is 5.92 Å². The van der Waals surface area contributed by atoms with Crippen LogP contribution in [-0.2, 0) is 6.54 Å². The molecule has 38 heavy (non-hydrogen) atoms. The van der Waals surface area contributed by atoms with Gasteiger partial charge < -0.3 is 4.98 Å². The summed E-state index contributed by atoms with van der Waals surface area (Å²) in [6.45, 7) is 0.574. The van der Waals surface area contributed by atoms with Gasteiger partial charge in [0.05, 0.1) is 23.1 Å². The van der Waals surface area contributed by atoms with E-state index in [4.69, 9.17) is 4.98 Å². The Morgan fingerprint density at radius 3 is 2.74 bits per heavy atom. The molecule has 1 fully saturated rings. The molecule has 2 N–H and O–H groups in total. The van der Waals surface area contributed by atoms with Crippen LogP contribution in [0.15, 0.2) is 67.4 Å². The fraction of sp³-hybridized carbons (Fsp3) is 0.185. The van der Waals surface area contributed by atoms with Gasteiger partial charge in [0, 0.05) is 61.6 Å². The number of hydrogen-bond acceptors (Lipinski definition) is 7. The first kappa shape index (κ1) is 22.5. The van der Waals surface area contributed by atoms with E-state index in [1.807, 2.05) is 36.4 Å². The summed E-state index contributed by atoms with van der Waals surface area (Å²) in [5, 5.41) is 8.21. The van der Waals surface area contributed by atoms with Crippen LogP contribution < -0.4 is 0 Å². The number of aromatic nitrogens is 8. The third-order valence-electron chi connectivity index (χ3n) is 6.74. The monoisotopic (exact) mass is 509 g/mol. The highest BCUT2D eigenvalue weighted by molar-refractivity contribution is 5.95.